The Morgan fingerprint density at radius 1 is 0.864 bits per heavy atom. The van der Waals surface area contributed by atoms with E-state index in [9.17, 15) is 24.3 Å². The number of nitrogens with one attached hydrogen (secondary N) is 4. The molecule has 11 nitrogen and oxygen atoms in total. The fourth-order valence-electron chi connectivity index (χ4n) is 4.83. The van der Waals surface area contributed by atoms with Gasteiger partial charge in [-0.3, -0.25) is 19.2 Å². The minimum atomic E-state index is -1.33. The van der Waals surface area contributed by atoms with Crippen LogP contribution in [0.3, 0.4) is 0 Å². The van der Waals surface area contributed by atoms with Gasteiger partial charge in [0.2, 0.25) is 11.8 Å². The van der Waals surface area contributed by atoms with Gasteiger partial charge in [-0.2, -0.15) is 0 Å². The van der Waals surface area contributed by atoms with Gasteiger partial charge < -0.3 is 31.8 Å². The first kappa shape index (κ1) is 31.9. The molecule has 0 fully saturated rings. The molecule has 7 N–H and O–H groups in total. The van der Waals surface area contributed by atoms with Crippen molar-refractivity contribution in [3.05, 3.63) is 101 Å². The van der Waals surface area contributed by atoms with E-state index < -0.39 is 47.9 Å². The van der Waals surface area contributed by atoms with E-state index >= 15 is 0 Å². The summed E-state index contributed by atoms with van der Waals surface area (Å²) < 4.78 is 0. The number of nitrogens with two attached hydrogens (primary N) is 1. The number of benzene rings is 3. The lowest BCUT2D eigenvalue weighted by Gasteiger charge is -2.28. The van der Waals surface area contributed by atoms with Gasteiger partial charge in [-0.1, -0.05) is 60.7 Å². The number of carbonyl (C=O) groups excluding carboxylic acids is 4. The van der Waals surface area contributed by atoms with Crippen LogP contribution in [0.1, 0.15) is 59.3 Å². The molecule has 4 amide bonds. The van der Waals surface area contributed by atoms with Crippen LogP contribution < -0.4 is 21.7 Å². The van der Waals surface area contributed by atoms with E-state index in [1.54, 1.807) is 48.5 Å². The Hall–Kier alpha value is -5.03. The molecule has 0 unspecified atom stereocenters. The minimum absolute atomic E-state index is 0.0283. The molecule has 0 saturated carbocycles. The molecular formula is C33H38N6O5. The molecule has 44 heavy (non-hydrogen) atoms. The number of aromatic nitrogens is 2. The number of imidazole rings is 1. The summed E-state index contributed by atoms with van der Waals surface area (Å²) in [5.41, 5.74) is 8.02. The van der Waals surface area contributed by atoms with Crippen LogP contribution in [-0.4, -0.2) is 62.4 Å². The first-order chi connectivity index (χ1) is 20.9. The van der Waals surface area contributed by atoms with Gasteiger partial charge in [-0.05, 0) is 56.5 Å². The average Bonchev–Trinajstić information content (AvgIpc) is 3.41. The number of H-pyrrole nitrogens is 1. The first-order valence-electron chi connectivity index (χ1n) is 14.4. The van der Waals surface area contributed by atoms with Crippen molar-refractivity contribution in [2.24, 2.45) is 5.73 Å². The summed E-state index contributed by atoms with van der Waals surface area (Å²) in [5.74, 6) is -2.50. The number of para-hydroxylation sites is 2. The Morgan fingerprint density at radius 3 is 2.20 bits per heavy atom. The average molecular weight is 599 g/mol. The number of primary amides is 1. The van der Waals surface area contributed by atoms with Gasteiger partial charge in [-0.25, -0.2) is 4.98 Å². The molecule has 0 saturated heterocycles. The molecule has 4 rings (SSSR count). The molecule has 0 aliphatic heterocycles. The van der Waals surface area contributed by atoms with Crippen LogP contribution in [-0.2, 0) is 22.4 Å². The highest BCUT2D eigenvalue weighted by Crippen LogP contribution is 2.17. The zero-order valence-electron chi connectivity index (χ0n) is 25.0. The normalized spacial score (nSPS) is 13.5. The number of carbonyl (C=O) groups is 4. The fraction of sp³-hybridized carbons (Fsp3) is 0.303. The maximum atomic E-state index is 13.6. The second-order valence-corrected chi connectivity index (χ2v) is 11.7. The quantitative estimate of drug-likeness (QED) is 0.146. The summed E-state index contributed by atoms with van der Waals surface area (Å²) in [6, 6.07) is 21.1. The molecule has 4 aromatic rings. The third-order valence-electron chi connectivity index (χ3n) is 6.90. The maximum Gasteiger partial charge on any atom is 0.287 e. The Morgan fingerprint density at radius 2 is 1.52 bits per heavy atom. The highest BCUT2D eigenvalue weighted by molar-refractivity contribution is 5.98. The van der Waals surface area contributed by atoms with Gasteiger partial charge in [0.25, 0.3) is 11.8 Å². The molecule has 1 aromatic heterocycles. The van der Waals surface area contributed by atoms with Crippen LogP contribution in [0.15, 0.2) is 78.9 Å². The lowest BCUT2D eigenvalue weighted by molar-refractivity contribution is -0.128. The second kappa shape index (κ2) is 14.0. The van der Waals surface area contributed by atoms with Crippen molar-refractivity contribution in [1.29, 1.82) is 0 Å². The number of nitrogens with zero attached hydrogens (tertiary/aromatic N) is 1. The van der Waals surface area contributed by atoms with Crippen LogP contribution >= 0.6 is 0 Å². The smallest absolute Gasteiger partial charge is 0.287 e. The molecule has 0 bridgehead atoms. The Kier molecular flexibility index (Phi) is 10.1. The highest BCUT2D eigenvalue weighted by Gasteiger charge is 2.30. The molecular weight excluding hydrogens is 560 g/mol. The van der Waals surface area contributed by atoms with Gasteiger partial charge in [0.05, 0.1) is 29.6 Å². The van der Waals surface area contributed by atoms with Crippen molar-refractivity contribution in [3.63, 3.8) is 0 Å². The number of hydrogen-bond acceptors (Lipinski definition) is 6. The number of aliphatic hydroxyl groups excluding tert-OH is 1. The molecule has 0 spiro atoms. The lowest BCUT2D eigenvalue weighted by Crippen LogP contribution is -2.54. The number of hydrogen-bond donors (Lipinski definition) is 6. The summed E-state index contributed by atoms with van der Waals surface area (Å²) in [5, 5.41) is 19.8. The van der Waals surface area contributed by atoms with E-state index in [4.69, 9.17) is 5.73 Å². The number of aliphatic hydroxyl groups is 1. The Bertz CT molecular complexity index is 1600. The molecule has 3 atom stereocenters. The second-order valence-electron chi connectivity index (χ2n) is 11.7. The SMILES string of the molecule is CC(C)(C)NC(=O)c1ccccc1C[C@@H](O)[C@H](Cc1ccccc1)NC(=O)[C@H](CC(N)=O)NC(=O)c1nc2ccccc2[nH]1. The summed E-state index contributed by atoms with van der Waals surface area (Å²) >= 11 is 0. The molecule has 0 radical (unpaired) electrons. The molecule has 3 aromatic carbocycles. The standard InChI is InChI=1S/C33H38N6O5/c1-33(2,3)39-30(42)22-14-8-7-13-21(22)18-27(40)25(17-20-11-5-4-6-12-20)37-31(43)26(19-28(34)41)38-32(44)29-35-23-15-9-10-16-24(23)36-29/h4-16,25-27,40H,17-19H2,1-3H3,(H2,34,41)(H,35,36)(H,37,43)(H,38,44)(H,39,42)/t25-,26-,27+/m0/s1. The fourth-order valence-corrected chi connectivity index (χ4v) is 4.83. The summed E-state index contributed by atoms with van der Waals surface area (Å²) in [6.45, 7) is 5.63. The van der Waals surface area contributed by atoms with Crippen molar-refractivity contribution < 1.29 is 24.3 Å². The predicted octanol–water partition coefficient (Wildman–Crippen LogP) is 2.40. The van der Waals surface area contributed by atoms with Crippen LogP contribution in [0.2, 0.25) is 0 Å². The van der Waals surface area contributed by atoms with Gasteiger partial charge in [-0.15, -0.1) is 0 Å². The Labute approximate surface area is 255 Å². The highest BCUT2D eigenvalue weighted by atomic mass is 16.3. The van der Waals surface area contributed by atoms with Crippen LogP contribution in [0.4, 0.5) is 0 Å². The van der Waals surface area contributed by atoms with E-state index in [0.717, 1.165) is 5.56 Å². The van der Waals surface area contributed by atoms with E-state index in [2.05, 4.69) is 25.9 Å². The third-order valence-corrected chi connectivity index (χ3v) is 6.90. The van der Waals surface area contributed by atoms with Gasteiger partial charge in [0.1, 0.15) is 6.04 Å². The van der Waals surface area contributed by atoms with Crippen molar-refractivity contribution in [3.8, 4) is 0 Å². The van der Waals surface area contributed by atoms with E-state index in [-0.39, 0.29) is 24.6 Å². The van der Waals surface area contributed by atoms with Crippen molar-refractivity contribution >= 4 is 34.7 Å². The van der Waals surface area contributed by atoms with E-state index in [1.165, 1.54) is 0 Å². The number of amides is 4. The minimum Gasteiger partial charge on any atom is -0.391 e. The van der Waals surface area contributed by atoms with Crippen molar-refractivity contribution in [2.75, 3.05) is 0 Å². The lowest BCUT2D eigenvalue weighted by atomic mass is 9.93. The Balaban J connectivity index is 1.56. The molecule has 11 heteroatoms. The van der Waals surface area contributed by atoms with Crippen molar-refractivity contribution in [1.82, 2.24) is 25.9 Å². The van der Waals surface area contributed by atoms with Crippen LogP contribution in [0.25, 0.3) is 11.0 Å². The topological polar surface area (TPSA) is 179 Å². The molecule has 230 valence electrons. The summed E-state index contributed by atoms with van der Waals surface area (Å²) in [6.07, 6.45) is -1.31. The number of rotatable bonds is 12. The van der Waals surface area contributed by atoms with Gasteiger partial charge in [0.15, 0.2) is 5.82 Å². The zero-order valence-corrected chi connectivity index (χ0v) is 25.0. The number of aromatic amines is 1. The van der Waals surface area contributed by atoms with E-state index in [1.807, 2.05) is 51.1 Å². The summed E-state index contributed by atoms with van der Waals surface area (Å²) in [4.78, 5) is 58.7. The largest absolute Gasteiger partial charge is 0.391 e. The maximum absolute atomic E-state index is 13.6. The third kappa shape index (κ3) is 8.74. The first-order valence-corrected chi connectivity index (χ1v) is 14.4. The monoisotopic (exact) mass is 598 g/mol. The molecule has 1 heterocycles. The molecule has 0 aliphatic carbocycles. The van der Waals surface area contributed by atoms with Gasteiger partial charge in [0, 0.05) is 17.5 Å². The van der Waals surface area contributed by atoms with Gasteiger partial charge >= 0.3 is 0 Å². The molecule has 0 aliphatic rings. The summed E-state index contributed by atoms with van der Waals surface area (Å²) in [7, 11) is 0. The van der Waals surface area contributed by atoms with Crippen molar-refractivity contribution in [2.45, 2.75) is 63.8 Å². The predicted molar refractivity (Wildman–Crippen MR) is 167 cm³/mol. The number of fused-ring (bicyclic) bond motifs is 1. The van der Waals surface area contributed by atoms with E-state index in [0.29, 0.717) is 22.2 Å². The van der Waals surface area contributed by atoms with Crippen LogP contribution in [0, 0.1) is 0 Å². The van der Waals surface area contributed by atoms with Crippen LogP contribution in [0.5, 0.6) is 0 Å². The zero-order chi connectivity index (χ0) is 31.9.